The Bertz CT molecular complexity index is 1080. The number of aromatic nitrogens is 2. The first kappa shape index (κ1) is 17.7. The topological polar surface area (TPSA) is 70.9 Å². The molecule has 0 aliphatic carbocycles. The van der Waals surface area contributed by atoms with Crippen LogP contribution in [-0.2, 0) is 6.54 Å². The zero-order valence-corrected chi connectivity index (χ0v) is 16.0. The van der Waals surface area contributed by atoms with E-state index in [0.717, 1.165) is 10.4 Å². The van der Waals surface area contributed by atoms with Gasteiger partial charge in [0, 0.05) is 17.0 Å². The van der Waals surface area contributed by atoms with Gasteiger partial charge < -0.3 is 14.7 Å². The minimum atomic E-state index is -0.134. The summed E-state index contributed by atoms with van der Waals surface area (Å²) in [5, 5.41) is 6.04. The Labute approximate surface area is 161 Å². The number of hydrogen-bond acceptors (Lipinski definition) is 5. The van der Waals surface area contributed by atoms with Crippen molar-refractivity contribution in [1.82, 2.24) is 15.3 Å². The average molecular weight is 379 g/mol. The minimum Gasteiger partial charge on any atom is -0.464 e. The van der Waals surface area contributed by atoms with Crippen LogP contribution in [0.15, 0.2) is 63.3 Å². The summed E-state index contributed by atoms with van der Waals surface area (Å²) in [7, 11) is 0. The number of fused-ring (bicyclic) bond motifs is 1. The molecular weight excluding hydrogens is 358 g/mol. The zero-order valence-electron chi connectivity index (χ0n) is 15.2. The van der Waals surface area contributed by atoms with Crippen molar-refractivity contribution in [2.45, 2.75) is 26.4 Å². The maximum atomic E-state index is 12.7. The van der Waals surface area contributed by atoms with Crippen molar-refractivity contribution in [2.24, 2.45) is 5.92 Å². The summed E-state index contributed by atoms with van der Waals surface area (Å²) < 4.78 is 5.44. The first-order valence-corrected chi connectivity index (χ1v) is 9.84. The Morgan fingerprint density at radius 3 is 2.70 bits per heavy atom. The molecule has 0 amide bonds. The number of aromatic amines is 1. The summed E-state index contributed by atoms with van der Waals surface area (Å²) in [6, 6.07) is 14.2. The Balaban J connectivity index is 1.60. The van der Waals surface area contributed by atoms with E-state index in [0.29, 0.717) is 29.4 Å². The predicted octanol–water partition coefficient (Wildman–Crippen LogP) is 4.73. The lowest BCUT2D eigenvalue weighted by molar-refractivity contribution is 0.406. The van der Waals surface area contributed by atoms with Gasteiger partial charge in [0.05, 0.1) is 18.2 Å². The van der Waals surface area contributed by atoms with Crippen LogP contribution in [0.5, 0.6) is 0 Å². The fraction of sp³-hybridized carbons (Fsp3) is 0.238. The van der Waals surface area contributed by atoms with Crippen molar-refractivity contribution in [3.63, 3.8) is 0 Å². The molecule has 1 atom stereocenters. The van der Waals surface area contributed by atoms with Gasteiger partial charge in [-0.2, -0.15) is 0 Å². The maximum absolute atomic E-state index is 12.7. The highest BCUT2D eigenvalue weighted by atomic mass is 32.1. The zero-order chi connectivity index (χ0) is 18.8. The third-order valence-electron chi connectivity index (χ3n) is 4.59. The minimum absolute atomic E-state index is 0.134. The number of nitrogens with one attached hydrogen (secondary N) is 2. The van der Waals surface area contributed by atoms with Crippen molar-refractivity contribution >= 4 is 21.6 Å². The molecule has 5 nitrogen and oxygen atoms in total. The number of hydrogen-bond donors (Lipinski definition) is 2. The number of H-pyrrole nitrogens is 1. The average Bonchev–Trinajstić information content (AvgIpc) is 3.32. The van der Waals surface area contributed by atoms with Crippen LogP contribution >= 0.6 is 11.3 Å². The maximum Gasteiger partial charge on any atom is 0.260 e. The van der Waals surface area contributed by atoms with Crippen LogP contribution in [0.1, 0.15) is 31.3 Å². The van der Waals surface area contributed by atoms with E-state index in [4.69, 9.17) is 4.42 Å². The van der Waals surface area contributed by atoms with Gasteiger partial charge in [-0.3, -0.25) is 4.79 Å². The third kappa shape index (κ3) is 3.59. The van der Waals surface area contributed by atoms with E-state index in [9.17, 15) is 4.79 Å². The molecule has 27 heavy (non-hydrogen) atoms. The number of rotatable bonds is 6. The molecule has 0 aliphatic heterocycles. The first-order chi connectivity index (χ1) is 13.1. The van der Waals surface area contributed by atoms with E-state index >= 15 is 0 Å². The molecule has 0 unspecified atom stereocenters. The molecule has 4 rings (SSSR count). The monoisotopic (exact) mass is 379 g/mol. The van der Waals surface area contributed by atoms with Crippen molar-refractivity contribution in [3.05, 3.63) is 75.8 Å². The van der Waals surface area contributed by atoms with Crippen LogP contribution in [0.3, 0.4) is 0 Å². The third-order valence-corrected chi connectivity index (χ3v) is 5.47. The molecule has 0 fully saturated rings. The first-order valence-electron chi connectivity index (χ1n) is 8.96. The SMILES string of the molecule is CC(C)[C@@H](NCc1nc2scc(-c3ccco3)c2c(=O)[nH]1)c1ccccc1. The highest BCUT2D eigenvalue weighted by Crippen LogP contribution is 2.31. The Morgan fingerprint density at radius 1 is 1.19 bits per heavy atom. The molecule has 0 saturated carbocycles. The molecule has 2 N–H and O–H groups in total. The molecule has 4 aromatic rings. The molecule has 0 spiro atoms. The van der Waals surface area contributed by atoms with Gasteiger partial charge in [0.25, 0.3) is 5.56 Å². The number of nitrogens with zero attached hydrogens (tertiary/aromatic N) is 1. The second kappa shape index (κ2) is 7.50. The van der Waals surface area contributed by atoms with Crippen LogP contribution < -0.4 is 10.9 Å². The Morgan fingerprint density at radius 2 is 2.00 bits per heavy atom. The van der Waals surface area contributed by atoms with Gasteiger partial charge in [0.1, 0.15) is 16.4 Å². The lowest BCUT2D eigenvalue weighted by atomic mass is 9.96. The summed E-state index contributed by atoms with van der Waals surface area (Å²) in [4.78, 5) is 21.0. The summed E-state index contributed by atoms with van der Waals surface area (Å²) in [5.74, 6) is 1.74. The lowest BCUT2D eigenvalue weighted by Gasteiger charge is -2.22. The Hall–Kier alpha value is -2.70. The van der Waals surface area contributed by atoms with Gasteiger partial charge >= 0.3 is 0 Å². The van der Waals surface area contributed by atoms with E-state index in [2.05, 4.69) is 41.3 Å². The van der Waals surface area contributed by atoms with Gasteiger partial charge in [-0.05, 0) is 23.6 Å². The normalized spacial score (nSPS) is 12.7. The highest BCUT2D eigenvalue weighted by Gasteiger charge is 2.17. The molecule has 0 radical (unpaired) electrons. The van der Waals surface area contributed by atoms with Gasteiger partial charge in [-0.25, -0.2) is 4.98 Å². The fourth-order valence-corrected chi connectivity index (χ4v) is 4.24. The quantitative estimate of drug-likeness (QED) is 0.508. The summed E-state index contributed by atoms with van der Waals surface area (Å²) >= 11 is 1.46. The molecular formula is C21H21N3O2S. The van der Waals surface area contributed by atoms with Crippen LogP contribution in [0.4, 0.5) is 0 Å². The van der Waals surface area contributed by atoms with Crippen LogP contribution in [0, 0.1) is 5.92 Å². The van der Waals surface area contributed by atoms with Crippen molar-refractivity contribution in [1.29, 1.82) is 0 Å². The van der Waals surface area contributed by atoms with Crippen molar-refractivity contribution < 1.29 is 4.42 Å². The van der Waals surface area contributed by atoms with E-state index in [1.807, 2.05) is 35.7 Å². The molecule has 3 heterocycles. The number of furan rings is 1. The largest absolute Gasteiger partial charge is 0.464 e. The standard InChI is InChI=1S/C21H21N3O2S/c1-13(2)19(14-7-4-3-5-8-14)22-11-17-23-20(25)18-15(12-27-21(18)24-17)16-9-6-10-26-16/h3-10,12-13,19,22H,11H2,1-2H3,(H,23,24,25)/t19-/m1/s1. The van der Waals surface area contributed by atoms with Gasteiger partial charge in [-0.1, -0.05) is 44.2 Å². The molecule has 0 bridgehead atoms. The van der Waals surface area contributed by atoms with E-state index in [1.165, 1.54) is 16.9 Å². The lowest BCUT2D eigenvalue weighted by Crippen LogP contribution is -2.27. The second-order valence-electron chi connectivity index (χ2n) is 6.83. The van der Waals surface area contributed by atoms with Gasteiger partial charge in [0.15, 0.2) is 0 Å². The van der Waals surface area contributed by atoms with Crippen molar-refractivity contribution in [3.8, 4) is 11.3 Å². The van der Waals surface area contributed by atoms with Crippen LogP contribution in [-0.4, -0.2) is 9.97 Å². The highest BCUT2D eigenvalue weighted by molar-refractivity contribution is 7.17. The van der Waals surface area contributed by atoms with Crippen molar-refractivity contribution in [2.75, 3.05) is 0 Å². The molecule has 6 heteroatoms. The molecule has 0 aliphatic rings. The van der Waals surface area contributed by atoms with Gasteiger partial charge in [0.2, 0.25) is 0 Å². The summed E-state index contributed by atoms with van der Waals surface area (Å²) in [5.41, 5.74) is 1.88. The molecule has 138 valence electrons. The van der Waals surface area contributed by atoms with E-state index in [1.54, 1.807) is 6.26 Å². The molecule has 0 saturated heterocycles. The van der Waals surface area contributed by atoms with Crippen LogP contribution in [0.2, 0.25) is 0 Å². The molecule has 3 aromatic heterocycles. The van der Waals surface area contributed by atoms with Gasteiger partial charge in [-0.15, -0.1) is 11.3 Å². The summed E-state index contributed by atoms with van der Waals surface area (Å²) in [6.07, 6.45) is 1.61. The predicted molar refractivity (Wildman–Crippen MR) is 109 cm³/mol. The second-order valence-corrected chi connectivity index (χ2v) is 7.69. The van der Waals surface area contributed by atoms with E-state index in [-0.39, 0.29) is 11.6 Å². The summed E-state index contributed by atoms with van der Waals surface area (Å²) in [6.45, 7) is 4.86. The smallest absolute Gasteiger partial charge is 0.260 e. The fourth-order valence-electron chi connectivity index (χ4n) is 3.30. The van der Waals surface area contributed by atoms with E-state index < -0.39 is 0 Å². The van der Waals surface area contributed by atoms with Crippen LogP contribution in [0.25, 0.3) is 21.5 Å². The Kier molecular flexibility index (Phi) is 4.92. The molecule has 1 aromatic carbocycles. The number of thiophene rings is 1. The number of benzene rings is 1.